The molecule has 0 amide bonds. The lowest BCUT2D eigenvalue weighted by atomic mass is 10.2. The molecule has 0 aliphatic carbocycles. The third-order valence-corrected chi connectivity index (χ3v) is 2.18. The number of thiocarbonyl (C=S) groups is 1. The number of hydrogen-bond donors (Lipinski definition) is 1. The van der Waals surface area contributed by atoms with Crippen LogP contribution >= 0.6 is 23.6 Å². The summed E-state index contributed by atoms with van der Waals surface area (Å²) in [6.45, 7) is 0. The van der Waals surface area contributed by atoms with E-state index in [9.17, 15) is 0 Å². The number of hydrogen-bond acceptors (Lipinski definition) is 2. The molecule has 0 unspecified atom stereocenters. The molecule has 0 spiro atoms. The van der Waals surface area contributed by atoms with E-state index in [1.165, 1.54) is 5.56 Å². The van der Waals surface area contributed by atoms with Gasteiger partial charge < -0.3 is 5.73 Å². The van der Waals surface area contributed by atoms with Gasteiger partial charge in [0, 0.05) is 6.42 Å². The van der Waals surface area contributed by atoms with E-state index in [-0.39, 0.29) is 0 Å². The van der Waals surface area contributed by atoms with Crippen LogP contribution in [0.3, 0.4) is 0 Å². The van der Waals surface area contributed by atoms with Crippen LogP contribution in [0.5, 0.6) is 0 Å². The summed E-state index contributed by atoms with van der Waals surface area (Å²) < 4.78 is 0. The summed E-state index contributed by atoms with van der Waals surface area (Å²) in [6.07, 6.45) is 1.81. The lowest BCUT2D eigenvalue weighted by Crippen LogP contribution is -2.08. The SMILES string of the molecule is NC(=S)CCc1ccsc1. The van der Waals surface area contributed by atoms with Crippen molar-refractivity contribution in [3.63, 3.8) is 0 Å². The van der Waals surface area contributed by atoms with Crippen molar-refractivity contribution in [2.45, 2.75) is 12.8 Å². The molecule has 0 radical (unpaired) electrons. The molecular weight excluding hydrogens is 162 g/mol. The van der Waals surface area contributed by atoms with E-state index in [0.717, 1.165) is 12.8 Å². The highest BCUT2D eigenvalue weighted by molar-refractivity contribution is 7.80. The zero-order valence-corrected chi connectivity index (χ0v) is 7.17. The molecule has 1 nitrogen and oxygen atoms in total. The first kappa shape index (κ1) is 7.69. The Kier molecular flexibility index (Phi) is 2.83. The number of nitrogens with two attached hydrogens (primary N) is 1. The zero-order chi connectivity index (χ0) is 7.40. The van der Waals surface area contributed by atoms with Crippen LogP contribution < -0.4 is 5.73 Å². The third-order valence-electron chi connectivity index (χ3n) is 1.24. The van der Waals surface area contributed by atoms with Crippen molar-refractivity contribution in [2.24, 2.45) is 5.73 Å². The molecule has 2 N–H and O–H groups in total. The number of thiophene rings is 1. The largest absolute Gasteiger partial charge is 0.393 e. The third kappa shape index (κ3) is 2.45. The molecule has 0 aliphatic heterocycles. The maximum absolute atomic E-state index is 5.34. The van der Waals surface area contributed by atoms with E-state index in [1.54, 1.807) is 11.3 Å². The topological polar surface area (TPSA) is 26.0 Å². The Labute approximate surface area is 69.9 Å². The summed E-state index contributed by atoms with van der Waals surface area (Å²) in [6, 6.07) is 2.10. The van der Waals surface area contributed by atoms with Crippen molar-refractivity contribution in [2.75, 3.05) is 0 Å². The molecule has 0 bridgehead atoms. The Morgan fingerprint density at radius 3 is 3.00 bits per heavy atom. The van der Waals surface area contributed by atoms with Gasteiger partial charge >= 0.3 is 0 Å². The number of aryl methyl sites for hydroxylation is 1. The molecule has 3 heteroatoms. The van der Waals surface area contributed by atoms with Crippen molar-refractivity contribution in [3.8, 4) is 0 Å². The Morgan fingerprint density at radius 2 is 2.50 bits per heavy atom. The average Bonchev–Trinajstić information content (AvgIpc) is 2.34. The van der Waals surface area contributed by atoms with Gasteiger partial charge in [-0.05, 0) is 28.8 Å². The minimum atomic E-state index is 0.603. The highest BCUT2D eigenvalue weighted by atomic mass is 32.1. The van der Waals surface area contributed by atoms with Crippen LogP contribution in [0.15, 0.2) is 16.8 Å². The molecule has 0 fully saturated rings. The monoisotopic (exact) mass is 171 g/mol. The van der Waals surface area contributed by atoms with Crippen molar-refractivity contribution in [1.82, 2.24) is 0 Å². The fourth-order valence-electron chi connectivity index (χ4n) is 0.702. The van der Waals surface area contributed by atoms with Gasteiger partial charge in [-0.25, -0.2) is 0 Å². The van der Waals surface area contributed by atoms with Gasteiger partial charge in [0.15, 0.2) is 0 Å². The Bertz CT molecular complexity index is 203. The highest BCUT2D eigenvalue weighted by Gasteiger charge is 1.93. The fourth-order valence-corrected chi connectivity index (χ4v) is 1.51. The van der Waals surface area contributed by atoms with Gasteiger partial charge in [0.05, 0.1) is 4.99 Å². The van der Waals surface area contributed by atoms with Gasteiger partial charge in [-0.15, -0.1) is 0 Å². The van der Waals surface area contributed by atoms with E-state index in [2.05, 4.69) is 16.8 Å². The quantitative estimate of drug-likeness (QED) is 0.704. The van der Waals surface area contributed by atoms with Gasteiger partial charge in [0.25, 0.3) is 0 Å². The van der Waals surface area contributed by atoms with E-state index < -0.39 is 0 Å². The fraction of sp³-hybridized carbons (Fsp3) is 0.286. The van der Waals surface area contributed by atoms with Crippen LogP contribution in [-0.2, 0) is 6.42 Å². The first-order valence-electron chi connectivity index (χ1n) is 3.08. The van der Waals surface area contributed by atoms with Crippen molar-refractivity contribution >= 4 is 28.5 Å². The second-order valence-electron chi connectivity index (χ2n) is 2.10. The maximum atomic E-state index is 5.34. The van der Waals surface area contributed by atoms with Crippen LogP contribution in [0.1, 0.15) is 12.0 Å². The Balaban J connectivity index is 2.35. The molecule has 0 aliphatic rings. The molecule has 1 aromatic heterocycles. The van der Waals surface area contributed by atoms with Crippen LogP contribution in [0, 0.1) is 0 Å². The van der Waals surface area contributed by atoms with Crippen LogP contribution in [0.25, 0.3) is 0 Å². The lowest BCUT2D eigenvalue weighted by Gasteiger charge is -1.93. The average molecular weight is 171 g/mol. The van der Waals surface area contributed by atoms with Crippen LogP contribution in [0.4, 0.5) is 0 Å². The summed E-state index contributed by atoms with van der Waals surface area (Å²) in [5, 5.41) is 4.19. The first-order valence-corrected chi connectivity index (χ1v) is 4.43. The zero-order valence-electron chi connectivity index (χ0n) is 5.54. The summed E-state index contributed by atoms with van der Waals surface area (Å²) >= 11 is 6.46. The normalized spacial score (nSPS) is 9.60. The molecule has 0 aromatic carbocycles. The van der Waals surface area contributed by atoms with Crippen molar-refractivity contribution < 1.29 is 0 Å². The number of rotatable bonds is 3. The second-order valence-corrected chi connectivity index (χ2v) is 3.40. The lowest BCUT2D eigenvalue weighted by molar-refractivity contribution is 1.05. The maximum Gasteiger partial charge on any atom is 0.0730 e. The molecule has 0 saturated carbocycles. The van der Waals surface area contributed by atoms with Gasteiger partial charge in [0.2, 0.25) is 0 Å². The molecule has 0 saturated heterocycles. The van der Waals surface area contributed by atoms with Crippen LogP contribution in [0.2, 0.25) is 0 Å². The predicted octanol–water partition coefficient (Wildman–Crippen LogP) is 1.97. The highest BCUT2D eigenvalue weighted by Crippen LogP contribution is 2.07. The van der Waals surface area contributed by atoms with E-state index >= 15 is 0 Å². The Hall–Kier alpha value is -0.410. The molecule has 1 heterocycles. The second kappa shape index (κ2) is 3.68. The van der Waals surface area contributed by atoms with Gasteiger partial charge in [-0.2, -0.15) is 11.3 Å². The molecular formula is C7H9NS2. The summed E-state index contributed by atoms with van der Waals surface area (Å²) in [5.74, 6) is 0. The molecule has 1 aromatic rings. The minimum absolute atomic E-state index is 0.603. The van der Waals surface area contributed by atoms with E-state index in [4.69, 9.17) is 18.0 Å². The predicted molar refractivity (Wildman–Crippen MR) is 49.4 cm³/mol. The van der Waals surface area contributed by atoms with E-state index in [1.807, 2.05) is 0 Å². The smallest absolute Gasteiger partial charge is 0.0730 e. The summed E-state index contributed by atoms with van der Waals surface area (Å²) in [5.41, 5.74) is 6.68. The standard InChI is InChI=1S/C7H9NS2/c8-7(9)2-1-6-3-4-10-5-6/h3-5H,1-2H2,(H2,8,9). The molecule has 1 rings (SSSR count). The molecule has 54 valence electrons. The van der Waals surface area contributed by atoms with Gasteiger partial charge in [0.1, 0.15) is 0 Å². The molecule has 0 atom stereocenters. The van der Waals surface area contributed by atoms with Crippen LogP contribution in [-0.4, -0.2) is 4.99 Å². The molecule has 10 heavy (non-hydrogen) atoms. The van der Waals surface area contributed by atoms with Crippen molar-refractivity contribution in [3.05, 3.63) is 22.4 Å². The summed E-state index contributed by atoms with van der Waals surface area (Å²) in [7, 11) is 0. The van der Waals surface area contributed by atoms with Gasteiger partial charge in [-0.3, -0.25) is 0 Å². The van der Waals surface area contributed by atoms with Gasteiger partial charge in [-0.1, -0.05) is 12.2 Å². The minimum Gasteiger partial charge on any atom is -0.393 e. The van der Waals surface area contributed by atoms with Crippen molar-refractivity contribution in [1.29, 1.82) is 0 Å². The van der Waals surface area contributed by atoms with E-state index in [0.29, 0.717) is 4.99 Å². The Morgan fingerprint density at radius 1 is 1.70 bits per heavy atom. The summed E-state index contributed by atoms with van der Waals surface area (Å²) in [4.78, 5) is 0.603. The first-order chi connectivity index (χ1) is 4.79.